The molecule has 2 aromatic rings. The highest BCUT2D eigenvalue weighted by Crippen LogP contribution is 2.37. The number of nitrogens with one attached hydrogen (secondary N) is 1. The number of methoxy groups -OCH3 is 1. The van der Waals surface area contributed by atoms with Crippen LogP contribution in [-0.2, 0) is 0 Å². The van der Waals surface area contributed by atoms with Crippen molar-refractivity contribution >= 4 is 39.1 Å². The number of hydrogen-bond acceptors (Lipinski definition) is 2. The molecule has 0 bridgehead atoms. The molecular formula is C10H7BrCl2N2O. The number of H-pyrrole nitrogens is 1. The highest BCUT2D eigenvalue weighted by molar-refractivity contribution is 9.10. The topological polar surface area (TPSA) is 37.9 Å². The molecule has 0 fully saturated rings. The predicted molar refractivity (Wildman–Crippen MR) is 68.3 cm³/mol. The van der Waals surface area contributed by atoms with Crippen LogP contribution < -0.4 is 4.74 Å². The molecule has 2 rings (SSSR count). The maximum atomic E-state index is 6.13. The van der Waals surface area contributed by atoms with E-state index in [9.17, 15) is 0 Å². The van der Waals surface area contributed by atoms with Crippen LogP contribution in [0.2, 0.25) is 10.0 Å². The third kappa shape index (κ3) is 2.05. The quantitative estimate of drug-likeness (QED) is 0.902. The van der Waals surface area contributed by atoms with E-state index >= 15 is 0 Å². The molecule has 1 aromatic heterocycles. The molecule has 0 saturated carbocycles. The predicted octanol–water partition coefficient (Wildman–Crippen LogP) is 4.15. The van der Waals surface area contributed by atoms with Crippen LogP contribution in [0.1, 0.15) is 0 Å². The number of benzene rings is 1. The van der Waals surface area contributed by atoms with Crippen LogP contribution in [0, 0.1) is 0 Å². The summed E-state index contributed by atoms with van der Waals surface area (Å²) in [7, 11) is 1.54. The fourth-order valence-corrected chi connectivity index (χ4v) is 2.24. The zero-order valence-corrected chi connectivity index (χ0v) is 11.3. The summed E-state index contributed by atoms with van der Waals surface area (Å²) >= 11 is 15.5. The molecule has 0 aliphatic carbocycles. The first-order valence-corrected chi connectivity index (χ1v) is 5.90. The summed E-state index contributed by atoms with van der Waals surface area (Å²) in [6, 6.07) is 3.39. The summed E-state index contributed by atoms with van der Waals surface area (Å²) in [4.78, 5) is 7.07. The number of ether oxygens (including phenoxy) is 1. The molecule has 1 heterocycles. The Bertz CT molecular complexity index is 528. The fourth-order valence-electron chi connectivity index (χ4n) is 1.33. The lowest BCUT2D eigenvalue weighted by atomic mass is 10.1. The molecule has 0 aliphatic rings. The number of aromatic nitrogens is 2. The maximum Gasteiger partial charge on any atom is 0.138 e. The maximum absolute atomic E-state index is 6.13. The third-order valence-electron chi connectivity index (χ3n) is 2.09. The second kappa shape index (κ2) is 4.65. The lowest BCUT2D eigenvalue weighted by Crippen LogP contribution is -1.87. The fraction of sp³-hybridized carbons (Fsp3) is 0.100. The number of halogens is 3. The van der Waals surface area contributed by atoms with Crippen LogP contribution >= 0.6 is 39.1 Å². The molecule has 0 amide bonds. The van der Waals surface area contributed by atoms with E-state index in [1.54, 1.807) is 25.6 Å². The molecule has 0 atom stereocenters. The van der Waals surface area contributed by atoms with E-state index < -0.39 is 0 Å². The van der Waals surface area contributed by atoms with Gasteiger partial charge in [0.1, 0.15) is 16.0 Å². The number of imidazole rings is 1. The van der Waals surface area contributed by atoms with E-state index in [-0.39, 0.29) is 0 Å². The second-order valence-corrected chi connectivity index (χ2v) is 4.64. The zero-order valence-electron chi connectivity index (χ0n) is 8.22. The Kier molecular flexibility index (Phi) is 3.42. The van der Waals surface area contributed by atoms with Gasteiger partial charge in [-0.2, -0.15) is 0 Å². The van der Waals surface area contributed by atoms with Gasteiger partial charge in [0.05, 0.1) is 23.5 Å². The van der Waals surface area contributed by atoms with Crippen LogP contribution in [0.4, 0.5) is 0 Å². The monoisotopic (exact) mass is 320 g/mol. The van der Waals surface area contributed by atoms with Gasteiger partial charge in [-0.3, -0.25) is 0 Å². The molecule has 0 radical (unpaired) electrons. The van der Waals surface area contributed by atoms with Crippen LogP contribution in [0.25, 0.3) is 11.3 Å². The number of aromatic amines is 1. The van der Waals surface area contributed by atoms with Gasteiger partial charge in [-0.25, -0.2) is 4.98 Å². The van der Waals surface area contributed by atoms with Crippen molar-refractivity contribution in [2.75, 3.05) is 7.11 Å². The lowest BCUT2D eigenvalue weighted by molar-refractivity contribution is 0.415. The summed E-state index contributed by atoms with van der Waals surface area (Å²) in [6.07, 6.45) is 1.58. The molecule has 6 heteroatoms. The highest BCUT2D eigenvalue weighted by Gasteiger charge is 2.13. The lowest BCUT2D eigenvalue weighted by Gasteiger charge is -2.07. The molecule has 0 spiro atoms. The SMILES string of the molecule is COc1cc(Cl)c(-c2nc[nH]c2Br)cc1Cl. The van der Waals surface area contributed by atoms with Gasteiger partial charge in [0.2, 0.25) is 0 Å². The van der Waals surface area contributed by atoms with Crippen molar-refractivity contribution in [3.63, 3.8) is 0 Å². The Hall–Kier alpha value is -0.710. The summed E-state index contributed by atoms with van der Waals surface area (Å²) in [5.41, 5.74) is 1.47. The first-order chi connectivity index (χ1) is 7.63. The highest BCUT2D eigenvalue weighted by atomic mass is 79.9. The molecule has 0 saturated heterocycles. The molecule has 1 N–H and O–H groups in total. The van der Waals surface area contributed by atoms with Crippen molar-refractivity contribution in [3.8, 4) is 17.0 Å². The van der Waals surface area contributed by atoms with E-state index in [0.717, 1.165) is 15.9 Å². The van der Waals surface area contributed by atoms with Gasteiger partial charge in [-0.05, 0) is 22.0 Å². The Labute approximate surface area is 111 Å². The van der Waals surface area contributed by atoms with Gasteiger partial charge in [0.15, 0.2) is 0 Å². The molecule has 1 aromatic carbocycles. The minimum atomic E-state index is 0.497. The van der Waals surface area contributed by atoms with E-state index in [2.05, 4.69) is 25.9 Å². The van der Waals surface area contributed by atoms with Gasteiger partial charge >= 0.3 is 0 Å². The molecule has 0 unspecified atom stereocenters. The standard InChI is InChI=1S/C10H7BrCl2N2O/c1-16-8-3-6(12)5(2-7(8)13)9-10(11)15-4-14-9/h2-4H,1H3,(H,14,15). The van der Waals surface area contributed by atoms with Crippen LogP contribution in [-0.4, -0.2) is 17.1 Å². The number of nitrogens with zero attached hydrogens (tertiary/aromatic N) is 1. The molecule has 84 valence electrons. The van der Waals surface area contributed by atoms with Crippen LogP contribution in [0.5, 0.6) is 5.75 Å². The Morgan fingerprint density at radius 1 is 1.31 bits per heavy atom. The minimum absolute atomic E-state index is 0.497. The van der Waals surface area contributed by atoms with Gasteiger partial charge in [0, 0.05) is 11.6 Å². The first-order valence-electron chi connectivity index (χ1n) is 4.35. The molecule has 16 heavy (non-hydrogen) atoms. The van der Waals surface area contributed by atoms with Gasteiger partial charge in [-0.15, -0.1) is 0 Å². The van der Waals surface area contributed by atoms with Crippen molar-refractivity contribution in [3.05, 3.63) is 33.1 Å². The molecule has 0 aliphatic heterocycles. The summed E-state index contributed by atoms with van der Waals surface area (Å²) in [6.45, 7) is 0. The average molecular weight is 322 g/mol. The second-order valence-electron chi connectivity index (χ2n) is 3.03. The normalized spacial score (nSPS) is 10.5. The van der Waals surface area contributed by atoms with E-state index in [0.29, 0.717) is 15.8 Å². The zero-order chi connectivity index (χ0) is 11.7. The van der Waals surface area contributed by atoms with Gasteiger partial charge in [0.25, 0.3) is 0 Å². The average Bonchev–Trinajstić information content (AvgIpc) is 2.67. The number of rotatable bonds is 2. The minimum Gasteiger partial charge on any atom is -0.495 e. The van der Waals surface area contributed by atoms with Crippen molar-refractivity contribution in [1.29, 1.82) is 0 Å². The number of hydrogen-bond donors (Lipinski definition) is 1. The summed E-state index contributed by atoms with van der Waals surface area (Å²) in [5.74, 6) is 0.544. The Balaban J connectivity index is 2.59. The van der Waals surface area contributed by atoms with Crippen molar-refractivity contribution in [1.82, 2.24) is 9.97 Å². The van der Waals surface area contributed by atoms with Crippen molar-refractivity contribution < 1.29 is 4.74 Å². The van der Waals surface area contributed by atoms with E-state index in [1.807, 2.05) is 0 Å². The largest absolute Gasteiger partial charge is 0.495 e. The van der Waals surface area contributed by atoms with Crippen LogP contribution in [0.15, 0.2) is 23.1 Å². The Morgan fingerprint density at radius 2 is 2.06 bits per heavy atom. The molecule has 3 nitrogen and oxygen atoms in total. The first kappa shape index (κ1) is 11.8. The molecular weight excluding hydrogens is 315 g/mol. The Morgan fingerprint density at radius 3 is 2.62 bits per heavy atom. The van der Waals surface area contributed by atoms with Crippen LogP contribution in [0.3, 0.4) is 0 Å². The van der Waals surface area contributed by atoms with Gasteiger partial charge < -0.3 is 9.72 Å². The van der Waals surface area contributed by atoms with Crippen molar-refractivity contribution in [2.24, 2.45) is 0 Å². The van der Waals surface area contributed by atoms with Crippen molar-refractivity contribution in [2.45, 2.75) is 0 Å². The van der Waals surface area contributed by atoms with Gasteiger partial charge in [-0.1, -0.05) is 23.2 Å². The van der Waals surface area contributed by atoms with E-state index in [4.69, 9.17) is 27.9 Å². The van der Waals surface area contributed by atoms with E-state index in [1.165, 1.54) is 0 Å². The smallest absolute Gasteiger partial charge is 0.138 e. The third-order valence-corrected chi connectivity index (χ3v) is 3.30. The summed E-state index contributed by atoms with van der Waals surface area (Å²) in [5, 5.41) is 1.03. The summed E-state index contributed by atoms with van der Waals surface area (Å²) < 4.78 is 5.83.